The van der Waals surface area contributed by atoms with Crippen LogP contribution in [0.3, 0.4) is 0 Å². The molecular weight excluding hydrogens is 190 g/mol. The number of carboxylic acids is 1. The van der Waals surface area contributed by atoms with Gasteiger partial charge >= 0.3 is 5.97 Å². The van der Waals surface area contributed by atoms with Crippen molar-refractivity contribution in [2.75, 3.05) is 12.3 Å². The Labute approximate surface area is 82.8 Å². The van der Waals surface area contributed by atoms with Crippen molar-refractivity contribution in [1.82, 2.24) is 5.32 Å². The summed E-state index contributed by atoms with van der Waals surface area (Å²) in [6.45, 7) is 0.679. The van der Waals surface area contributed by atoms with Crippen molar-refractivity contribution in [3.63, 3.8) is 0 Å². The third-order valence-corrected chi connectivity index (χ3v) is 2.05. The Kier molecular flexibility index (Phi) is 7.18. The molecule has 0 amide bonds. The van der Waals surface area contributed by atoms with E-state index in [9.17, 15) is 4.79 Å². The number of hydrazone groups is 1. The van der Waals surface area contributed by atoms with Gasteiger partial charge < -0.3 is 16.3 Å². The Bertz CT molecular complexity index is 175. The zero-order valence-corrected chi connectivity index (χ0v) is 8.20. The summed E-state index contributed by atoms with van der Waals surface area (Å²) in [6, 6.07) is 0. The summed E-state index contributed by atoms with van der Waals surface area (Å²) in [5, 5.41) is 14.7. The molecule has 0 saturated heterocycles. The molecular formula is C7H15N3O2S. The Morgan fingerprint density at radius 2 is 2.46 bits per heavy atom. The lowest BCUT2D eigenvalue weighted by Crippen LogP contribution is -2.19. The van der Waals surface area contributed by atoms with Gasteiger partial charge in [-0.3, -0.25) is 4.79 Å². The van der Waals surface area contributed by atoms with Crippen molar-refractivity contribution in [2.45, 2.75) is 12.8 Å². The molecule has 0 aliphatic rings. The fourth-order valence-electron chi connectivity index (χ4n) is 0.861. The van der Waals surface area contributed by atoms with E-state index in [1.165, 1.54) is 6.34 Å². The number of carboxylic acid groups (broad SMARTS) is 1. The quantitative estimate of drug-likeness (QED) is 0.117. The van der Waals surface area contributed by atoms with E-state index >= 15 is 0 Å². The molecule has 1 unspecified atom stereocenters. The van der Waals surface area contributed by atoms with Gasteiger partial charge in [0.1, 0.15) is 6.34 Å². The molecule has 0 heterocycles. The first kappa shape index (κ1) is 12.1. The Morgan fingerprint density at radius 3 is 2.92 bits per heavy atom. The predicted octanol–water partition coefficient (Wildman–Crippen LogP) is -0.111. The number of nitrogens with two attached hydrogens (primary N) is 1. The maximum atomic E-state index is 10.5. The zero-order chi connectivity index (χ0) is 10.1. The zero-order valence-electron chi connectivity index (χ0n) is 7.31. The van der Waals surface area contributed by atoms with Crippen LogP contribution in [0.5, 0.6) is 0 Å². The second-order valence-corrected chi connectivity index (χ2v) is 2.96. The fourth-order valence-corrected chi connectivity index (χ4v) is 1.20. The van der Waals surface area contributed by atoms with Crippen LogP contribution in [0.1, 0.15) is 12.8 Å². The van der Waals surface area contributed by atoms with Crippen LogP contribution in [0, 0.1) is 5.92 Å². The summed E-state index contributed by atoms with van der Waals surface area (Å²) in [7, 11) is 0. The van der Waals surface area contributed by atoms with Crippen molar-refractivity contribution < 1.29 is 9.90 Å². The van der Waals surface area contributed by atoms with Crippen LogP contribution in [0.4, 0.5) is 0 Å². The van der Waals surface area contributed by atoms with Crippen LogP contribution in [0.25, 0.3) is 0 Å². The van der Waals surface area contributed by atoms with Gasteiger partial charge in [-0.15, -0.1) is 0 Å². The summed E-state index contributed by atoms with van der Waals surface area (Å²) in [4.78, 5) is 10.5. The van der Waals surface area contributed by atoms with Gasteiger partial charge in [0.2, 0.25) is 0 Å². The average Bonchev–Trinajstić information content (AvgIpc) is 2.10. The van der Waals surface area contributed by atoms with E-state index in [2.05, 4.69) is 23.0 Å². The highest BCUT2D eigenvalue weighted by Crippen LogP contribution is 2.07. The Morgan fingerprint density at radius 1 is 1.77 bits per heavy atom. The third kappa shape index (κ3) is 6.27. The lowest BCUT2D eigenvalue weighted by Gasteiger charge is -2.07. The minimum atomic E-state index is -0.789. The van der Waals surface area contributed by atoms with E-state index in [4.69, 9.17) is 10.9 Å². The van der Waals surface area contributed by atoms with E-state index < -0.39 is 5.97 Å². The first-order valence-corrected chi connectivity index (χ1v) is 4.64. The average molecular weight is 205 g/mol. The van der Waals surface area contributed by atoms with Crippen molar-refractivity contribution in [1.29, 1.82) is 0 Å². The maximum Gasteiger partial charge on any atom is 0.307 e. The molecule has 13 heavy (non-hydrogen) atoms. The summed E-state index contributed by atoms with van der Waals surface area (Å²) < 4.78 is 0. The lowest BCUT2D eigenvalue weighted by atomic mass is 10.1. The third-order valence-electron chi connectivity index (χ3n) is 1.61. The first-order valence-electron chi connectivity index (χ1n) is 4.01. The van der Waals surface area contributed by atoms with E-state index in [1.54, 1.807) is 0 Å². The highest BCUT2D eigenvalue weighted by atomic mass is 32.1. The second kappa shape index (κ2) is 7.72. The van der Waals surface area contributed by atoms with Gasteiger partial charge in [-0.2, -0.15) is 17.7 Å². The van der Waals surface area contributed by atoms with Gasteiger partial charge in [0, 0.05) is 12.3 Å². The first-order chi connectivity index (χ1) is 6.22. The molecule has 0 aliphatic heterocycles. The fraction of sp³-hybridized carbons (Fsp3) is 0.714. The Hall–Kier alpha value is -0.910. The van der Waals surface area contributed by atoms with Crippen molar-refractivity contribution in [3.8, 4) is 0 Å². The molecule has 4 N–H and O–H groups in total. The topological polar surface area (TPSA) is 87.7 Å². The predicted molar refractivity (Wildman–Crippen MR) is 54.9 cm³/mol. The monoisotopic (exact) mass is 205 g/mol. The van der Waals surface area contributed by atoms with Crippen molar-refractivity contribution >= 4 is 24.9 Å². The number of nitrogens with one attached hydrogen (secondary N) is 1. The molecule has 0 saturated carbocycles. The van der Waals surface area contributed by atoms with E-state index in [0.29, 0.717) is 18.7 Å². The molecule has 0 aromatic carbocycles. The van der Waals surface area contributed by atoms with Crippen LogP contribution in [-0.2, 0) is 4.79 Å². The smallest absolute Gasteiger partial charge is 0.307 e. The summed E-state index contributed by atoms with van der Waals surface area (Å²) >= 11 is 3.95. The maximum absolute atomic E-state index is 10.5. The van der Waals surface area contributed by atoms with Gasteiger partial charge in [0.05, 0.1) is 5.92 Å². The number of hydrogen-bond acceptors (Lipinski definition) is 4. The number of rotatable bonds is 7. The molecule has 0 aliphatic carbocycles. The number of aliphatic carboxylic acids is 1. The molecule has 0 bridgehead atoms. The lowest BCUT2D eigenvalue weighted by molar-refractivity contribution is -0.141. The van der Waals surface area contributed by atoms with Crippen molar-refractivity contribution in [3.05, 3.63) is 0 Å². The highest BCUT2D eigenvalue weighted by Gasteiger charge is 2.13. The largest absolute Gasteiger partial charge is 0.481 e. The molecule has 6 heteroatoms. The summed E-state index contributed by atoms with van der Waals surface area (Å²) in [5.41, 5.74) is 0. The SMILES string of the molecule is NN=CNCCCC(CS)C(=O)O. The minimum absolute atomic E-state index is 0.361. The molecule has 76 valence electrons. The molecule has 0 spiro atoms. The van der Waals surface area contributed by atoms with Crippen LogP contribution in [0.2, 0.25) is 0 Å². The number of thiol groups is 1. The van der Waals surface area contributed by atoms with E-state index in [-0.39, 0.29) is 5.92 Å². The summed E-state index contributed by atoms with van der Waals surface area (Å²) in [6.07, 6.45) is 2.77. The minimum Gasteiger partial charge on any atom is -0.481 e. The van der Waals surface area contributed by atoms with Gasteiger partial charge in [0.25, 0.3) is 0 Å². The molecule has 0 aromatic rings. The van der Waals surface area contributed by atoms with E-state index in [1.807, 2.05) is 0 Å². The van der Waals surface area contributed by atoms with Crippen LogP contribution < -0.4 is 11.2 Å². The summed E-state index contributed by atoms with van der Waals surface area (Å²) in [5.74, 6) is 4.07. The van der Waals surface area contributed by atoms with Crippen LogP contribution in [0.15, 0.2) is 5.10 Å². The van der Waals surface area contributed by atoms with E-state index in [0.717, 1.165) is 6.42 Å². The normalized spacial score (nSPS) is 13.0. The van der Waals surface area contributed by atoms with Crippen LogP contribution >= 0.6 is 12.6 Å². The number of hydrogen-bond donors (Lipinski definition) is 4. The van der Waals surface area contributed by atoms with Gasteiger partial charge in [-0.1, -0.05) is 0 Å². The molecule has 0 fully saturated rings. The second-order valence-electron chi connectivity index (χ2n) is 2.59. The van der Waals surface area contributed by atoms with Gasteiger partial charge in [-0.05, 0) is 12.8 Å². The standard InChI is InChI=1S/C7H15N3O2S/c8-10-5-9-3-1-2-6(4-13)7(11)12/h5-6,13H,1-4,8H2,(H,9,10)(H,11,12). The molecule has 0 aromatic heterocycles. The molecule has 1 atom stereocenters. The molecule has 0 rings (SSSR count). The van der Waals surface area contributed by atoms with Crippen LogP contribution in [-0.4, -0.2) is 29.7 Å². The van der Waals surface area contributed by atoms with Crippen molar-refractivity contribution in [2.24, 2.45) is 16.9 Å². The van der Waals surface area contributed by atoms with Gasteiger partial charge in [0.15, 0.2) is 0 Å². The number of nitrogens with zero attached hydrogens (tertiary/aromatic N) is 1. The number of carbonyl (C=O) groups is 1. The molecule has 0 radical (unpaired) electrons. The molecule has 5 nitrogen and oxygen atoms in total. The Balaban J connectivity index is 3.44. The van der Waals surface area contributed by atoms with Gasteiger partial charge in [-0.25, -0.2) is 0 Å². The highest BCUT2D eigenvalue weighted by molar-refractivity contribution is 7.80.